The molecular weight excluding hydrogens is 214 g/mol. The lowest BCUT2D eigenvalue weighted by Gasteiger charge is -2.02. The summed E-state index contributed by atoms with van der Waals surface area (Å²) in [5.74, 6) is 0.516. The zero-order valence-corrected chi connectivity index (χ0v) is 9.77. The summed E-state index contributed by atoms with van der Waals surface area (Å²) in [6.07, 6.45) is 1.76. The molecule has 3 aromatic rings. The second kappa shape index (κ2) is 3.38. The average molecular weight is 227 g/mol. The van der Waals surface area contributed by atoms with Gasteiger partial charge in [0.1, 0.15) is 11.8 Å². The number of nitrogens with two attached hydrogens (primary N) is 1. The number of fused-ring (bicyclic) bond motifs is 1. The van der Waals surface area contributed by atoms with Gasteiger partial charge < -0.3 is 14.7 Å². The average Bonchev–Trinajstić information content (AvgIpc) is 2.82. The van der Waals surface area contributed by atoms with Gasteiger partial charge in [0.15, 0.2) is 0 Å². The molecule has 2 aromatic heterocycles. The lowest BCUT2D eigenvalue weighted by molar-refractivity contribution is 0.616. The van der Waals surface area contributed by atoms with Crippen molar-refractivity contribution in [3.8, 4) is 11.3 Å². The Kier molecular flexibility index (Phi) is 1.98. The van der Waals surface area contributed by atoms with Crippen molar-refractivity contribution in [1.29, 1.82) is 0 Å². The first kappa shape index (κ1) is 9.96. The summed E-state index contributed by atoms with van der Waals surface area (Å²) in [5, 5.41) is 1.08. The van der Waals surface area contributed by atoms with Gasteiger partial charge in [-0.3, -0.25) is 0 Å². The quantitative estimate of drug-likeness (QED) is 0.695. The Morgan fingerprint density at radius 3 is 2.76 bits per heavy atom. The van der Waals surface area contributed by atoms with E-state index in [-0.39, 0.29) is 0 Å². The number of nitrogens with zero attached hydrogens (tertiary/aromatic N) is 2. The van der Waals surface area contributed by atoms with Crippen molar-refractivity contribution in [3.63, 3.8) is 0 Å². The lowest BCUT2D eigenvalue weighted by atomic mass is 10.1. The Bertz CT molecular complexity index is 694. The van der Waals surface area contributed by atoms with Gasteiger partial charge in [-0.05, 0) is 13.0 Å². The van der Waals surface area contributed by atoms with Crippen LogP contribution in [0.25, 0.3) is 22.2 Å². The fourth-order valence-electron chi connectivity index (χ4n) is 2.19. The highest BCUT2D eigenvalue weighted by molar-refractivity contribution is 5.93. The van der Waals surface area contributed by atoms with Gasteiger partial charge in [0.2, 0.25) is 5.95 Å². The Balaban J connectivity index is 2.35. The largest absolute Gasteiger partial charge is 0.464 e. The Morgan fingerprint density at radius 2 is 2.06 bits per heavy atom. The molecule has 0 radical (unpaired) electrons. The van der Waals surface area contributed by atoms with Crippen LogP contribution < -0.4 is 5.73 Å². The molecule has 4 heteroatoms. The normalized spacial score (nSPS) is 11.2. The third-order valence-electron chi connectivity index (χ3n) is 3.04. The molecular formula is C13H13N3O. The molecule has 17 heavy (non-hydrogen) atoms. The molecule has 1 aromatic carbocycles. The van der Waals surface area contributed by atoms with Crippen LogP contribution in [0, 0.1) is 6.92 Å². The highest BCUT2D eigenvalue weighted by Gasteiger charge is 2.15. The molecule has 0 saturated carbocycles. The zero-order valence-electron chi connectivity index (χ0n) is 9.77. The first-order valence-corrected chi connectivity index (χ1v) is 5.44. The van der Waals surface area contributed by atoms with E-state index in [1.807, 2.05) is 42.8 Å². The first-order chi connectivity index (χ1) is 8.18. The van der Waals surface area contributed by atoms with Gasteiger partial charge in [-0.2, -0.15) is 0 Å². The number of hydrogen-bond acceptors (Lipinski definition) is 3. The van der Waals surface area contributed by atoms with E-state index in [9.17, 15) is 0 Å². The Labute approximate surface area is 98.7 Å². The molecule has 0 aliphatic heterocycles. The minimum atomic E-state index is 0.516. The Hall–Kier alpha value is -2.23. The van der Waals surface area contributed by atoms with Gasteiger partial charge in [0.25, 0.3) is 0 Å². The van der Waals surface area contributed by atoms with Gasteiger partial charge in [-0.1, -0.05) is 18.2 Å². The summed E-state index contributed by atoms with van der Waals surface area (Å²) >= 11 is 0. The van der Waals surface area contributed by atoms with Crippen molar-refractivity contribution < 1.29 is 4.42 Å². The van der Waals surface area contributed by atoms with Crippen molar-refractivity contribution >= 4 is 16.9 Å². The number of para-hydroxylation sites is 1. The van der Waals surface area contributed by atoms with Gasteiger partial charge in [-0.15, -0.1) is 0 Å². The Morgan fingerprint density at radius 1 is 1.29 bits per heavy atom. The predicted octanol–water partition coefficient (Wildman–Crippen LogP) is 2.72. The van der Waals surface area contributed by atoms with Crippen molar-refractivity contribution in [2.75, 3.05) is 5.73 Å². The smallest absolute Gasteiger partial charge is 0.200 e. The van der Waals surface area contributed by atoms with Crippen molar-refractivity contribution in [3.05, 3.63) is 36.2 Å². The minimum Gasteiger partial charge on any atom is -0.464 e. The maximum atomic E-state index is 5.81. The van der Waals surface area contributed by atoms with Crippen molar-refractivity contribution in [2.45, 2.75) is 6.92 Å². The molecule has 0 amide bonds. The van der Waals surface area contributed by atoms with Crippen LogP contribution >= 0.6 is 0 Å². The number of rotatable bonds is 1. The number of nitrogen functional groups attached to an aromatic ring is 1. The monoisotopic (exact) mass is 227 g/mol. The third-order valence-corrected chi connectivity index (χ3v) is 3.04. The van der Waals surface area contributed by atoms with Gasteiger partial charge in [-0.25, -0.2) is 4.98 Å². The van der Waals surface area contributed by atoms with E-state index in [0.717, 1.165) is 27.9 Å². The number of aryl methyl sites for hydroxylation is 1. The maximum Gasteiger partial charge on any atom is 0.200 e. The fourth-order valence-corrected chi connectivity index (χ4v) is 2.19. The first-order valence-electron chi connectivity index (χ1n) is 5.44. The summed E-state index contributed by atoms with van der Waals surface area (Å²) in [5.41, 5.74) is 9.64. The van der Waals surface area contributed by atoms with E-state index < -0.39 is 0 Å². The van der Waals surface area contributed by atoms with Crippen LogP contribution in [0.2, 0.25) is 0 Å². The summed E-state index contributed by atoms with van der Waals surface area (Å²) in [6.45, 7) is 1.95. The molecule has 0 atom stereocenters. The summed E-state index contributed by atoms with van der Waals surface area (Å²) in [6, 6.07) is 7.95. The molecule has 0 aliphatic carbocycles. The summed E-state index contributed by atoms with van der Waals surface area (Å²) in [4.78, 5) is 4.27. The van der Waals surface area contributed by atoms with Crippen molar-refractivity contribution in [2.24, 2.45) is 7.05 Å². The number of benzene rings is 1. The SMILES string of the molecule is Cc1nc(N)n(C)c1-c1coc2ccccc12. The van der Waals surface area contributed by atoms with Crippen molar-refractivity contribution in [1.82, 2.24) is 9.55 Å². The second-order valence-electron chi connectivity index (χ2n) is 4.11. The van der Waals surface area contributed by atoms with Gasteiger partial charge in [0.05, 0.1) is 11.4 Å². The van der Waals surface area contributed by atoms with Crippen LogP contribution in [0.15, 0.2) is 34.9 Å². The fraction of sp³-hybridized carbons (Fsp3) is 0.154. The van der Waals surface area contributed by atoms with Crippen LogP contribution in [-0.2, 0) is 7.05 Å². The maximum absolute atomic E-state index is 5.81. The molecule has 2 N–H and O–H groups in total. The molecule has 0 aliphatic rings. The van der Waals surface area contributed by atoms with E-state index in [0.29, 0.717) is 5.95 Å². The van der Waals surface area contributed by atoms with E-state index >= 15 is 0 Å². The molecule has 2 heterocycles. The number of hydrogen-bond donors (Lipinski definition) is 1. The molecule has 0 spiro atoms. The number of anilines is 1. The van der Waals surface area contributed by atoms with Crippen LogP contribution in [0.4, 0.5) is 5.95 Å². The van der Waals surface area contributed by atoms with E-state index in [2.05, 4.69) is 4.98 Å². The summed E-state index contributed by atoms with van der Waals surface area (Å²) in [7, 11) is 1.91. The van der Waals surface area contributed by atoms with Crippen LogP contribution in [0.1, 0.15) is 5.69 Å². The predicted molar refractivity (Wildman–Crippen MR) is 67.6 cm³/mol. The molecule has 0 saturated heterocycles. The number of imidazole rings is 1. The molecule has 0 fully saturated rings. The van der Waals surface area contributed by atoms with E-state index in [1.165, 1.54) is 0 Å². The summed E-state index contributed by atoms with van der Waals surface area (Å²) < 4.78 is 7.42. The van der Waals surface area contributed by atoms with Gasteiger partial charge in [0, 0.05) is 18.0 Å². The van der Waals surface area contributed by atoms with E-state index in [4.69, 9.17) is 10.2 Å². The highest BCUT2D eigenvalue weighted by Crippen LogP contribution is 2.32. The topological polar surface area (TPSA) is 57.0 Å². The van der Waals surface area contributed by atoms with E-state index in [1.54, 1.807) is 6.26 Å². The van der Waals surface area contributed by atoms with Gasteiger partial charge >= 0.3 is 0 Å². The van der Waals surface area contributed by atoms with Crippen LogP contribution in [0.3, 0.4) is 0 Å². The number of furan rings is 1. The standard InChI is InChI=1S/C13H13N3O/c1-8-12(16(2)13(14)15-8)10-7-17-11-6-4-3-5-9(10)11/h3-7H,1-2H3,(H2,14,15). The lowest BCUT2D eigenvalue weighted by Crippen LogP contribution is -1.98. The third kappa shape index (κ3) is 1.34. The highest BCUT2D eigenvalue weighted by atomic mass is 16.3. The molecule has 4 nitrogen and oxygen atoms in total. The zero-order chi connectivity index (χ0) is 12.0. The molecule has 86 valence electrons. The van der Waals surface area contributed by atoms with Crippen LogP contribution in [-0.4, -0.2) is 9.55 Å². The van der Waals surface area contributed by atoms with Crippen LogP contribution in [0.5, 0.6) is 0 Å². The minimum absolute atomic E-state index is 0.516. The molecule has 3 rings (SSSR count). The molecule has 0 bridgehead atoms. The molecule has 0 unspecified atom stereocenters. The second-order valence-corrected chi connectivity index (χ2v) is 4.11. The number of aromatic nitrogens is 2.